The van der Waals surface area contributed by atoms with E-state index in [1.54, 1.807) is 11.3 Å². The Balaban J connectivity index is 0.00000320. The molecule has 3 rings (SSSR count). The van der Waals surface area contributed by atoms with Crippen molar-refractivity contribution in [2.24, 2.45) is 10.9 Å². The molecule has 30 heavy (non-hydrogen) atoms. The van der Waals surface area contributed by atoms with Crippen LogP contribution >= 0.6 is 35.3 Å². The van der Waals surface area contributed by atoms with E-state index >= 15 is 0 Å². The van der Waals surface area contributed by atoms with Crippen molar-refractivity contribution in [1.29, 1.82) is 0 Å². The topological polar surface area (TPSA) is 59.0 Å². The molecule has 1 atom stereocenters. The number of nitrogens with one attached hydrogen (secondary N) is 1. The lowest BCUT2D eigenvalue weighted by atomic mass is 10.1. The minimum absolute atomic E-state index is 0. The van der Waals surface area contributed by atoms with E-state index in [0.717, 1.165) is 64.5 Å². The molecule has 2 saturated heterocycles. The number of ether oxygens (including phenoxy) is 2. The Morgan fingerprint density at radius 1 is 1.33 bits per heavy atom. The number of aliphatic imine (C=N–C) groups is 1. The van der Waals surface area contributed by atoms with E-state index in [2.05, 4.69) is 36.0 Å². The summed E-state index contributed by atoms with van der Waals surface area (Å²) in [6.07, 6.45) is 9.41. The third-order valence-electron chi connectivity index (χ3n) is 5.44. The largest absolute Gasteiger partial charge is 0.376 e. The number of piperidine rings is 1. The Labute approximate surface area is 203 Å². The van der Waals surface area contributed by atoms with Crippen LogP contribution in [0.2, 0.25) is 0 Å². The van der Waals surface area contributed by atoms with E-state index < -0.39 is 0 Å². The van der Waals surface area contributed by atoms with Gasteiger partial charge in [-0.05, 0) is 44.9 Å². The normalized spacial score (nSPS) is 21.0. The molecular weight excluding hydrogens is 511 g/mol. The second-order valence-corrected chi connectivity index (χ2v) is 9.70. The first-order valence-electron chi connectivity index (χ1n) is 11.3. The number of rotatable bonds is 8. The van der Waals surface area contributed by atoms with Gasteiger partial charge in [0.1, 0.15) is 0 Å². The molecule has 1 unspecified atom stereocenters. The fourth-order valence-corrected chi connectivity index (χ4v) is 4.92. The van der Waals surface area contributed by atoms with Crippen LogP contribution < -0.4 is 5.32 Å². The molecular formula is C22H39IN4O2S. The first-order chi connectivity index (χ1) is 14.1. The number of halogens is 1. The van der Waals surface area contributed by atoms with Crippen LogP contribution in [0.4, 0.5) is 0 Å². The summed E-state index contributed by atoms with van der Waals surface area (Å²) < 4.78 is 11.9. The van der Waals surface area contributed by atoms with Crippen LogP contribution in [0.25, 0.3) is 0 Å². The standard InChI is InChI=1S/C22H38N4O2S.HI/c1-4-23-22(25-15-20-14-24-21(29-20)13-17(2)3)26-10-8-18(9-11-26)28-16-19-7-5-6-12-27-19;/h14,17-19H,4-13,15-16H2,1-3H3,(H,23,25);1H. The summed E-state index contributed by atoms with van der Waals surface area (Å²) in [6, 6.07) is 0. The van der Waals surface area contributed by atoms with Gasteiger partial charge >= 0.3 is 0 Å². The van der Waals surface area contributed by atoms with E-state index in [1.165, 1.54) is 22.7 Å². The molecule has 0 aliphatic carbocycles. The third kappa shape index (κ3) is 8.59. The van der Waals surface area contributed by atoms with Crippen molar-refractivity contribution in [3.8, 4) is 0 Å². The van der Waals surface area contributed by atoms with Crippen LogP contribution in [0.3, 0.4) is 0 Å². The van der Waals surface area contributed by atoms with Crippen molar-refractivity contribution >= 4 is 41.3 Å². The smallest absolute Gasteiger partial charge is 0.194 e. The van der Waals surface area contributed by atoms with Crippen molar-refractivity contribution in [2.45, 2.75) is 78.0 Å². The van der Waals surface area contributed by atoms with Crippen LogP contribution in [0.5, 0.6) is 0 Å². The molecule has 0 aromatic carbocycles. The Morgan fingerprint density at radius 3 is 2.80 bits per heavy atom. The van der Waals surface area contributed by atoms with Gasteiger partial charge in [-0.2, -0.15) is 0 Å². The zero-order chi connectivity index (χ0) is 20.5. The molecule has 0 radical (unpaired) electrons. The van der Waals surface area contributed by atoms with Crippen LogP contribution in [0, 0.1) is 5.92 Å². The van der Waals surface area contributed by atoms with Crippen molar-refractivity contribution in [3.63, 3.8) is 0 Å². The number of guanidine groups is 1. The minimum atomic E-state index is 0. The second-order valence-electron chi connectivity index (χ2n) is 8.50. The molecule has 6 nitrogen and oxygen atoms in total. The van der Waals surface area contributed by atoms with Crippen molar-refractivity contribution in [1.82, 2.24) is 15.2 Å². The number of hydrogen-bond acceptors (Lipinski definition) is 5. The Morgan fingerprint density at radius 2 is 2.13 bits per heavy atom. The minimum Gasteiger partial charge on any atom is -0.376 e. The molecule has 2 aliphatic rings. The van der Waals surface area contributed by atoms with Gasteiger partial charge < -0.3 is 19.7 Å². The highest BCUT2D eigenvalue weighted by molar-refractivity contribution is 14.0. The van der Waals surface area contributed by atoms with Gasteiger partial charge in [0, 0.05) is 43.7 Å². The van der Waals surface area contributed by atoms with Gasteiger partial charge in [0.2, 0.25) is 0 Å². The van der Waals surface area contributed by atoms with Crippen molar-refractivity contribution in [3.05, 3.63) is 16.1 Å². The average Bonchev–Trinajstić information content (AvgIpc) is 3.17. The summed E-state index contributed by atoms with van der Waals surface area (Å²) in [5, 5.41) is 4.68. The van der Waals surface area contributed by atoms with Gasteiger partial charge in [0.15, 0.2) is 5.96 Å². The van der Waals surface area contributed by atoms with E-state index in [-0.39, 0.29) is 24.0 Å². The van der Waals surface area contributed by atoms with Crippen LogP contribution in [-0.4, -0.2) is 60.9 Å². The highest BCUT2D eigenvalue weighted by Crippen LogP contribution is 2.19. The van der Waals surface area contributed by atoms with E-state index in [1.807, 2.05) is 6.20 Å². The number of hydrogen-bond donors (Lipinski definition) is 1. The third-order valence-corrected chi connectivity index (χ3v) is 6.44. The van der Waals surface area contributed by atoms with Gasteiger partial charge in [-0.25, -0.2) is 9.98 Å². The van der Waals surface area contributed by atoms with E-state index in [0.29, 0.717) is 24.7 Å². The van der Waals surface area contributed by atoms with Gasteiger partial charge in [0.25, 0.3) is 0 Å². The average molecular weight is 551 g/mol. The molecule has 1 N–H and O–H groups in total. The van der Waals surface area contributed by atoms with Crippen LogP contribution in [-0.2, 0) is 22.4 Å². The predicted octanol–water partition coefficient (Wildman–Crippen LogP) is 4.48. The lowest BCUT2D eigenvalue weighted by molar-refractivity contribution is -0.0721. The molecule has 0 saturated carbocycles. The summed E-state index contributed by atoms with van der Waals surface area (Å²) in [5.41, 5.74) is 0. The van der Waals surface area contributed by atoms with E-state index in [9.17, 15) is 0 Å². The van der Waals surface area contributed by atoms with E-state index in [4.69, 9.17) is 14.5 Å². The predicted molar refractivity (Wildman–Crippen MR) is 135 cm³/mol. The Kier molecular flexibility index (Phi) is 11.9. The highest BCUT2D eigenvalue weighted by atomic mass is 127. The fraction of sp³-hybridized carbons (Fsp3) is 0.818. The second kappa shape index (κ2) is 13.9. The fourth-order valence-electron chi connectivity index (χ4n) is 3.86. The van der Waals surface area contributed by atoms with Crippen molar-refractivity contribution < 1.29 is 9.47 Å². The molecule has 2 fully saturated rings. The van der Waals surface area contributed by atoms with Crippen molar-refractivity contribution in [2.75, 3.05) is 32.8 Å². The SMILES string of the molecule is CCNC(=NCc1cnc(CC(C)C)s1)N1CCC(OCC2CCCCO2)CC1.I. The zero-order valence-electron chi connectivity index (χ0n) is 18.8. The summed E-state index contributed by atoms with van der Waals surface area (Å²) >= 11 is 1.79. The summed E-state index contributed by atoms with van der Waals surface area (Å²) in [7, 11) is 0. The van der Waals surface area contributed by atoms with Gasteiger partial charge in [-0.3, -0.25) is 0 Å². The summed E-state index contributed by atoms with van der Waals surface area (Å²) in [5.74, 6) is 1.66. The Bertz CT molecular complexity index is 626. The summed E-state index contributed by atoms with van der Waals surface area (Å²) in [4.78, 5) is 13.0. The zero-order valence-corrected chi connectivity index (χ0v) is 21.9. The Hall–Kier alpha value is -0.450. The first kappa shape index (κ1) is 25.8. The lowest BCUT2D eigenvalue weighted by Gasteiger charge is -2.35. The number of thiazole rings is 1. The monoisotopic (exact) mass is 550 g/mol. The quantitative estimate of drug-likeness (QED) is 0.294. The first-order valence-corrected chi connectivity index (χ1v) is 12.2. The highest BCUT2D eigenvalue weighted by Gasteiger charge is 2.23. The summed E-state index contributed by atoms with van der Waals surface area (Å²) in [6.45, 7) is 11.8. The molecule has 0 spiro atoms. The number of likely N-dealkylation sites (tertiary alicyclic amines) is 1. The van der Waals surface area contributed by atoms with Gasteiger partial charge in [-0.1, -0.05) is 13.8 Å². The lowest BCUT2D eigenvalue weighted by Crippen LogP contribution is -2.47. The maximum atomic E-state index is 6.16. The molecule has 1 aromatic rings. The molecule has 0 bridgehead atoms. The maximum Gasteiger partial charge on any atom is 0.194 e. The van der Waals surface area contributed by atoms with Crippen LogP contribution in [0.1, 0.15) is 62.8 Å². The van der Waals surface area contributed by atoms with Gasteiger partial charge in [0.05, 0.1) is 30.4 Å². The molecule has 0 amide bonds. The van der Waals surface area contributed by atoms with Gasteiger partial charge in [-0.15, -0.1) is 35.3 Å². The number of aromatic nitrogens is 1. The number of nitrogens with zero attached hydrogens (tertiary/aromatic N) is 3. The molecule has 172 valence electrons. The molecule has 3 heterocycles. The van der Waals surface area contributed by atoms with Crippen LogP contribution in [0.15, 0.2) is 11.2 Å². The molecule has 2 aliphatic heterocycles. The molecule has 1 aromatic heterocycles. The molecule has 8 heteroatoms. The maximum absolute atomic E-state index is 6.16.